The maximum Gasteiger partial charge on any atom is 0.240 e. The molecular formula is C23H23N3O2S. The number of morpholine rings is 1. The molecule has 0 N–H and O–H groups in total. The molecule has 4 rings (SSSR count). The zero-order valence-electron chi connectivity index (χ0n) is 16.3. The number of carbonyl (C=O) groups is 1. The number of amides is 1. The van der Waals surface area contributed by atoms with Crippen molar-refractivity contribution in [3.63, 3.8) is 0 Å². The topological polar surface area (TPSA) is 55.3 Å². The fraction of sp³-hybridized carbons (Fsp3) is 0.261. The van der Waals surface area contributed by atoms with Crippen LogP contribution in [0.3, 0.4) is 0 Å². The van der Waals surface area contributed by atoms with Gasteiger partial charge in [-0.05, 0) is 18.6 Å². The van der Waals surface area contributed by atoms with E-state index in [1.165, 1.54) is 11.8 Å². The number of aromatic nitrogens is 2. The fourth-order valence-corrected chi connectivity index (χ4v) is 4.40. The molecule has 1 aliphatic heterocycles. The Kier molecular flexibility index (Phi) is 6.22. The highest BCUT2D eigenvalue weighted by Crippen LogP contribution is 2.36. The van der Waals surface area contributed by atoms with Crippen molar-refractivity contribution >= 4 is 17.7 Å². The molecule has 1 fully saturated rings. The van der Waals surface area contributed by atoms with Crippen molar-refractivity contribution in [3.05, 3.63) is 78.0 Å². The SMILES string of the molecule is Cc1cc(-c2ccccc2)nc(SC(C(=O)N2CCOCC2)c2ccccc2)n1. The number of hydrogen-bond acceptors (Lipinski definition) is 5. The van der Waals surface area contributed by atoms with Crippen molar-refractivity contribution in [3.8, 4) is 11.3 Å². The average molecular weight is 406 g/mol. The van der Waals surface area contributed by atoms with Gasteiger partial charge in [0.05, 0.1) is 18.9 Å². The predicted molar refractivity (Wildman–Crippen MR) is 115 cm³/mol. The third-order valence-electron chi connectivity index (χ3n) is 4.78. The van der Waals surface area contributed by atoms with Crippen molar-refractivity contribution in [1.82, 2.24) is 14.9 Å². The molecule has 1 amide bonds. The molecule has 0 aliphatic carbocycles. The third kappa shape index (κ3) is 4.83. The molecule has 1 unspecified atom stereocenters. The van der Waals surface area contributed by atoms with Gasteiger partial charge in [0.25, 0.3) is 0 Å². The van der Waals surface area contributed by atoms with Gasteiger partial charge in [0.1, 0.15) is 5.25 Å². The summed E-state index contributed by atoms with van der Waals surface area (Å²) < 4.78 is 5.41. The summed E-state index contributed by atoms with van der Waals surface area (Å²) in [4.78, 5) is 24.6. The van der Waals surface area contributed by atoms with Gasteiger partial charge in [-0.3, -0.25) is 4.79 Å². The first-order valence-electron chi connectivity index (χ1n) is 9.70. The maximum absolute atomic E-state index is 13.3. The minimum Gasteiger partial charge on any atom is -0.378 e. The molecule has 5 nitrogen and oxygen atoms in total. The van der Waals surface area contributed by atoms with Gasteiger partial charge in [-0.15, -0.1) is 0 Å². The minimum absolute atomic E-state index is 0.0795. The summed E-state index contributed by atoms with van der Waals surface area (Å²) >= 11 is 1.41. The summed E-state index contributed by atoms with van der Waals surface area (Å²) in [6, 6.07) is 21.9. The van der Waals surface area contributed by atoms with Gasteiger partial charge in [0.15, 0.2) is 5.16 Å². The van der Waals surface area contributed by atoms with E-state index < -0.39 is 0 Å². The lowest BCUT2D eigenvalue weighted by atomic mass is 10.1. The van der Waals surface area contributed by atoms with Crippen LogP contribution in [0, 0.1) is 6.92 Å². The van der Waals surface area contributed by atoms with E-state index in [2.05, 4.69) is 4.98 Å². The Morgan fingerprint density at radius 3 is 2.34 bits per heavy atom. The number of nitrogens with zero attached hydrogens (tertiary/aromatic N) is 3. The lowest BCUT2D eigenvalue weighted by Gasteiger charge is -2.30. The molecule has 1 saturated heterocycles. The largest absolute Gasteiger partial charge is 0.378 e. The Labute approximate surface area is 175 Å². The first-order chi connectivity index (χ1) is 14.2. The van der Waals surface area contributed by atoms with E-state index in [0.717, 1.165) is 22.5 Å². The zero-order valence-corrected chi connectivity index (χ0v) is 17.1. The van der Waals surface area contributed by atoms with E-state index in [1.54, 1.807) is 0 Å². The molecule has 6 heteroatoms. The highest BCUT2D eigenvalue weighted by atomic mass is 32.2. The highest BCUT2D eigenvalue weighted by Gasteiger charge is 2.29. The molecule has 0 radical (unpaired) electrons. The summed E-state index contributed by atoms with van der Waals surface area (Å²) in [6.45, 7) is 4.35. The molecule has 1 atom stereocenters. The van der Waals surface area contributed by atoms with Crippen LogP contribution >= 0.6 is 11.8 Å². The molecule has 0 saturated carbocycles. The second-order valence-corrected chi connectivity index (χ2v) is 7.96. The Balaban J connectivity index is 1.66. The first-order valence-corrected chi connectivity index (χ1v) is 10.6. The molecule has 0 bridgehead atoms. The van der Waals surface area contributed by atoms with Gasteiger partial charge in [-0.2, -0.15) is 0 Å². The average Bonchev–Trinajstić information content (AvgIpc) is 2.78. The van der Waals surface area contributed by atoms with E-state index in [-0.39, 0.29) is 11.2 Å². The number of aryl methyl sites for hydroxylation is 1. The zero-order chi connectivity index (χ0) is 20.1. The third-order valence-corrected chi connectivity index (χ3v) is 5.88. The van der Waals surface area contributed by atoms with E-state index >= 15 is 0 Å². The van der Waals surface area contributed by atoms with Crippen LogP contribution in [0.4, 0.5) is 0 Å². The van der Waals surface area contributed by atoms with E-state index in [4.69, 9.17) is 9.72 Å². The van der Waals surface area contributed by atoms with Crippen molar-refractivity contribution in [1.29, 1.82) is 0 Å². The summed E-state index contributed by atoms with van der Waals surface area (Å²) in [6.07, 6.45) is 0. The van der Waals surface area contributed by atoms with Crippen molar-refractivity contribution in [2.24, 2.45) is 0 Å². The fourth-order valence-electron chi connectivity index (χ4n) is 3.29. The summed E-state index contributed by atoms with van der Waals surface area (Å²) in [7, 11) is 0. The van der Waals surface area contributed by atoms with Crippen LogP contribution in [0.15, 0.2) is 71.9 Å². The van der Waals surface area contributed by atoms with E-state index in [9.17, 15) is 4.79 Å². The van der Waals surface area contributed by atoms with Crippen LogP contribution in [-0.4, -0.2) is 47.1 Å². The van der Waals surface area contributed by atoms with Crippen LogP contribution in [-0.2, 0) is 9.53 Å². The minimum atomic E-state index is -0.389. The Morgan fingerprint density at radius 1 is 1.00 bits per heavy atom. The lowest BCUT2D eigenvalue weighted by Crippen LogP contribution is -2.42. The molecule has 0 spiro atoms. The first kappa shape index (κ1) is 19.6. The van der Waals surface area contributed by atoms with Gasteiger partial charge in [-0.25, -0.2) is 9.97 Å². The monoisotopic (exact) mass is 405 g/mol. The van der Waals surface area contributed by atoms with E-state index in [0.29, 0.717) is 31.5 Å². The molecule has 1 aliphatic rings. The molecular weight excluding hydrogens is 382 g/mol. The van der Waals surface area contributed by atoms with Gasteiger partial charge < -0.3 is 9.64 Å². The van der Waals surface area contributed by atoms with Crippen LogP contribution in [0.1, 0.15) is 16.5 Å². The number of benzene rings is 2. The number of ether oxygens (including phenoxy) is 1. The number of hydrogen-bond donors (Lipinski definition) is 0. The Hall–Kier alpha value is -2.70. The van der Waals surface area contributed by atoms with Crippen LogP contribution in [0.25, 0.3) is 11.3 Å². The predicted octanol–water partition coefficient (Wildman–Crippen LogP) is 4.14. The van der Waals surface area contributed by atoms with Crippen LogP contribution in [0.2, 0.25) is 0 Å². The van der Waals surface area contributed by atoms with Gasteiger partial charge in [-0.1, -0.05) is 72.4 Å². The molecule has 1 aromatic heterocycles. The molecule has 2 heterocycles. The van der Waals surface area contributed by atoms with Crippen LogP contribution < -0.4 is 0 Å². The summed E-state index contributed by atoms with van der Waals surface area (Å²) in [5, 5.41) is 0.221. The Bertz CT molecular complexity index is 960. The van der Waals surface area contributed by atoms with E-state index in [1.807, 2.05) is 78.6 Å². The number of thioether (sulfide) groups is 1. The Morgan fingerprint density at radius 2 is 1.66 bits per heavy atom. The van der Waals surface area contributed by atoms with Gasteiger partial charge >= 0.3 is 0 Å². The number of carbonyl (C=O) groups excluding carboxylic acids is 1. The normalized spacial score (nSPS) is 15.1. The van der Waals surface area contributed by atoms with Crippen molar-refractivity contribution < 1.29 is 9.53 Å². The summed E-state index contributed by atoms with van der Waals surface area (Å²) in [5.74, 6) is 0.0795. The number of rotatable bonds is 5. The summed E-state index contributed by atoms with van der Waals surface area (Å²) in [5.41, 5.74) is 3.74. The standard InChI is InChI=1S/C23H23N3O2S/c1-17-16-20(18-8-4-2-5-9-18)25-23(24-17)29-21(19-10-6-3-7-11-19)22(27)26-12-14-28-15-13-26/h2-11,16,21H,12-15H2,1H3. The quantitative estimate of drug-likeness (QED) is 0.472. The lowest BCUT2D eigenvalue weighted by molar-refractivity contribution is -0.134. The van der Waals surface area contributed by atoms with Crippen molar-refractivity contribution in [2.75, 3.05) is 26.3 Å². The van der Waals surface area contributed by atoms with Crippen molar-refractivity contribution in [2.45, 2.75) is 17.3 Å². The van der Waals surface area contributed by atoms with Gasteiger partial charge in [0, 0.05) is 24.3 Å². The highest BCUT2D eigenvalue weighted by molar-refractivity contribution is 8.00. The molecule has 148 valence electrons. The van der Waals surface area contributed by atoms with Gasteiger partial charge in [0.2, 0.25) is 5.91 Å². The molecule has 3 aromatic rings. The van der Waals surface area contributed by atoms with Crippen LogP contribution in [0.5, 0.6) is 0 Å². The molecule has 2 aromatic carbocycles. The molecule has 29 heavy (non-hydrogen) atoms. The second-order valence-electron chi connectivity index (χ2n) is 6.89. The second kappa shape index (κ2) is 9.20. The maximum atomic E-state index is 13.3. The smallest absolute Gasteiger partial charge is 0.240 e.